The summed E-state index contributed by atoms with van der Waals surface area (Å²) in [6, 6.07) is 5.63. The van der Waals surface area contributed by atoms with Crippen LogP contribution in [0, 0.1) is 5.82 Å². The highest BCUT2D eigenvalue weighted by Crippen LogP contribution is 2.10. The Hall–Kier alpha value is -2.17. The molecule has 0 aliphatic heterocycles. The fourth-order valence-electron chi connectivity index (χ4n) is 1.09. The lowest BCUT2D eigenvalue weighted by Crippen LogP contribution is -2.10. The van der Waals surface area contributed by atoms with Gasteiger partial charge in [0.05, 0.1) is 11.8 Å². The number of halogens is 1. The Kier molecular flexibility index (Phi) is 2.45. The maximum atomic E-state index is 12.8. The summed E-state index contributed by atoms with van der Waals surface area (Å²) in [5, 5.41) is 5.90. The van der Waals surface area contributed by atoms with Crippen LogP contribution in [0.25, 0.3) is 0 Å². The number of hydrogen-bond acceptors (Lipinski definition) is 3. The third kappa shape index (κ3) is 2.19. The van der Waals surface area contributed by atoms with Crippen molar-refractivity contribution in [2.45, 2.75) is 0 Å². The highest BCUT2D eigenvalue weighted by molar-refractivity contribution is 6.03. The SMILES string of the molecule is O=C(Nc1cccc(F)c1)c1cnoc1. The van der Waals surface area contributed by atoms with Gasteiger partial charge in [-0.2, -0.15) is 0 Å². The summed E-state index contributed by atoms with van der Waals surface area (Å²) in [4.78, 5) is 11.5. The first-order valence-corrected chi connectivity index (χ1v) is 4.22. The summed E-state index contributed by atoms with van der Waals surface area (Å²) in [5.74, 6) is -0.792. The number of aromatic nitrogens is 1. The quantitative estimate of drug-likeness (QED) is 0.818. The molecule has 0 fully saturated rings. The highest BCUT2D eigenvalue weighted by atomic mass is 19.1. The second-order valence-corrected chi connectivity index (χ2v) is 2.88. The molecule has 0 bridgehead atoms. The molecule has 15 heavy (non-hydrogen) atoms. The molecule has 2 rings (SSSR count). The lowest BCUT2D eigenvalue weighted by molar-refractivity contribution is 0.102. The van der Waals surface area contributed by atoms with E-state index >= 15 is 0 Å². The van der Waals surface area contributed by atoms with Crippen molar-refractivity contribution in [3.8, 4) is 0 Å². The molecular formula is C10H7FN2O2. The molecule has 0 saturated carbocycles. The molecule has 0 radical (unpaired) electrons. The summed E-state index contributed by atoms with van der Waals surface area (Å²) in [6.45, 7) is 0. The van der Waals surface area contributed by atoms with Crippen LogP contribution in [0.4, 0.5) is 10.1 Å². The molecule has 0 atom stereocenters. The minimum absolute atomic E-state index is 0.291. The summed E-state index contributed by atoms with van der Waals surface area (Å²) < 4.78 is 17.3. The van der Waals surface area contributed by atoms with E-state index in [1.54, 1.807) is 6.07 Å². The van der Waals surface area contributed by atoms with Gasteiger partial charge in [0, 0.05) is 5.69 Å². The van der Waals surface area contributed by atoms with E-state index in [1.165, 1.54) is 30.7 Å². The normalized spacial score (nSPS) is 9.93. The van der Waals surface area contributed by atoms with E-state index in [0.717, 1.165) is 0 Å². The van der Waals surface area contributed by atoms with Gasteiger partial charge in [-0.1, -0.05) is 11.2 Å². The van der Waals surface area contributed by atoms with Crippen molar-refractivity contribution in [3.63, 3.8) is 0 Å². The molecule has 1 amide bonds. The van der Waals surface area contributed by atoms with Gasteiger partial charge in [0.1, 0.15) is 12.1 Å². The van der Waals surface area contributed by atoms with E-state index in [-0.39, 0.29) is 5.91 Å². The molecule has 76 valence electrons. The largest absolute Gasteiger partial charge is 0.364 e. The van der Waals surface area contributed by atoms with Crippen LogP contribution in [-0.2, 0) is 0 Å². The molecule has 0 aliphatic rings. The molecule has 0 spiro atoms. The fraction of sp³-hybridized carbons (Fsp3) is 0. The molecule has 2 aromatic rings. The predicted molar refractivity (Wildman–Crippen MR) is 50.9 cm³/mol. The smallest absolute Gasteiger partial charge is 0.260 e. The second-order valence-electron chi connectivity index (χ2n) is 2.88. The van der Waals surface area contributed by atoms with E-state index in [4.69, 9.17) is 0 Å². The lowest BCUT2D eigenvalue weighted by atomic mass is 10.3. The number of carbonyl (C=O) groups is 1. The lowest BCUT2D eigenvalue weighted by Gasteiger charge is -2.02. The first-order valence-electron chi connectivity index (χ1n) is 4.22. The van der Waals surface area contributed by atoms with Crippen LogP contribution in [0.3, 0.4) is 0 Å². The molecule has 0 aliphatic carbocycles. The van der Waals surface area contributed by atoms with Crippen LogP contribution in [0.1, 0.15) is 10.4 Å². The Balaban J connectivity index is 2.13. The second kappa shape index (κ2) is 3.91. The zero-order valence-corrected chi connectivity index (χ0v) is 7.61. The minimum Gasteiger partial charge on any atom is -0.364 e. The number of nitrogens with one attached hydrogen (secondary N) is 1. The summed E-state index contributed by atoms with van der Waals surface area (Å²) in [5.41, 5.74) is 0.681. The Morgan fingerprint density at radius 3 is 3.00 bits per heavy atom. The highest BCUT2D eigenvalue weighted by Gasteiger charge is 2.07. The maximum Gasteiger partial charge on any atom is 0.260 e. The van der Waals surface area contributed by atoms with Gasteiger partial charge in [-0.05, 0) is 18.2 Å². The summed E-state index contributed by atoms with van der Waals surface area (Å²) in [6.07, 6.45) is 2.50. The third-order valence-corrected chi connectivity index (χ3v) is 1.78. The molecule has 1 aromatic heterocycles. The Bertz CT molecular complexity index is 468. The summed E-state index contributed by atoms with van der Waals surface area (Å²) >= 11 is 0. The van der Waals surface area contributed by atoms with Crippen molar-refractivity contribution in [3.05, 3.63) is 48.1 Å². The number of benzene rings is 1. The van der Waals surface area contributed by atoms with Crippen LogP contribution in [0.2, 0.25) is 0 Å². The van der Waals surface area contributed by atoms with Crippen molar-refractivity contribution in [2.24, 2.45) is 0 Å². The Labute approximate surface area is 84.7 Å². The van der Waals surface area contributed by atoms with Gasteiger partial charge in [-0.25, -0.2) is 4.39 Å². The van der Waals surface area contributed by atoms with Gasteiger partial charge in [0.2, 0.25) is 0 Å². The zero-order valence-electron chi connectivity index (χ0n) is 7.61. The molecule has 1 N–H and O–H groups in total. The van der Waals surface area contributed by atoms with Crippen molar-refractivity contribution in [1.82, 2.24) is 5.16 Å². The van der Waals surface area contributed by atoms with Gasteiger partial charge in [-0.15, -0.1) is 0 Å². The van der Waals surface area contributed by atoms with Gasteiger partial charge in [0.15, 0.2) is 0 Å². The average Bonchev–Trinajstić information content (AvgIpc) is 2.70. The predicted octanol–water partition coefficient (Wildman–Crippen LogP) is 2.07. The monoisotopic (exact) mass is 206 g/mol. The minimum atomic E-state index is -0.405. The maximum absolute atomic E-state index is 12.8. The van der Waals surface area contributed by atoms with Crippen LogP contribution < -0.4 is 5.32 Å². The number of nitrogens with zero attached hydrogens (tertiary/aromatic N) is 1. The van der Waals surface area contributed by atoms with E-state index < -0.39 is 5.82 Å². The third-order valence-electron chi connectivity index (χ3n) is 1.78. The molecule has 0 unspecified atom stereocenters. The van der Waals surface area contributed by atoms with Crippen molar-refractivity contribution < 1.29 is 13.7 Å². The molecular weight excluding hydrogens is 199 g/mol. The van der Waals surface area contributed by atoms with E-state index in [0.29, 0.717) is 11.3 Å². The van der Waals surface area contributed by atoms with Crippen LogP contribution in [-0.4, -0.2) is 11.1 Å². The number of rotatable bonds is 2. The van der Waals surface area contributed by atoms with Crippen LogP contribution >= 0.6 is 0 Å². The van der Waals surface area contributed by atoms with E-state index in [1.807, 2.05) is 0 Å². The van der Waals surface area contributed by atoms with Crippen molar-refractivity contribution in [2.75, 3.05) is 5.32 Å². The van der Waals surface area contributed by atoms with Gasteiger partial charge in [0.25, 0.3) is 5.91 Å². The number of hydrogen-bond donors (Lipinski definition) is 1. The summed E-state index contributed by atoms with van der Waals surface area (Å²) in [7, 11) is 0. The number of amides is 1. The Morgan fingerprint density at radius 2 is 2.33 bits per heavy atom. The first kappa shape index (κ1) is 9.39. The molecule has 1 aromatic carbocycles. The molecule has 0 saturated heterocycles. The number of anilines is 1. The van der Waals surface area contributed by atoms with Gasteiger partial charge < -0.3 is 9.84 Å². The van der Waals surface area contributed by atoms with Crippen LogP contribution in [0.5, 0.6) is 0 Å². The molecule has 1 heterocycles. The molecule has 4 nitrogen and oxygen atoms in total. The Morgan fingerprint density at radius 1 is 1.47 bits per heavy atom. The first-order chi connectivity index (χ1) is 7.25. The number of carbonyl (C=O) groups excluding carboxylic acids is 1. The van der Waals surface area contributed by atoms with Crippen LogP contribution in [0.15, 0.2) is 41.2 Å². The zero-order chi connectivity index (χ0) is 10.7. The van der Waals surface area contributed by atoms with Gasteiger partial charge >= 0.3 is 0 Å². The standard InChI is InChI=1S/C10H7FN2O2/c11-8-2-1-3-9(4-8)13-10(14)7-5-12-15-6-7/h1-6H,(H,13,14). The topological polar surface area (TPSA) is 55.1 Å². The fourth-order valence-corrected chi connectivity index (χ4v) is 1.09. The van der Waals surface area contributed by atoms with Crippen molar-refractivity contribution in [1.29, 1.82) is 0 Å². The van der Waals surface area contributed by atoms with E-state index in [2.05, 4.69) is 15.0 Å². The average molecular weight is 206 g/mol. The van der Waals surface area contributed by atoms with Gasteiger partial charge in [-0.3, -0.25) is 4.79 Å². The van der Waals surface area contributed by atoms with Crippen molar-refractivity contribution >= 4 is 11.6 Å². The molecule has 5 heteroatoms. The van der Waals surface area contributed by atoms with E-state index in [9.17, 15) is 9.18 Å².